The zero-order chi connectivity index (χ0) is 10.9. The van der Waals surface area contributed by atoms with E-state index >= 15 is 0 Å². The summed E-state index contributed by atoms with van der Waals surface area (Å²) in [5.41, 5.74) is 0. The summed E-state index contributed by atoms with van der Waals surface area (Å²) in [6.07, 6.45) is 0.428. The molecule has 0 spiro atoms. The highest BCUT2D eigenvalue weighted by molar-refractivity contribution is 5.75. The number of hydrogen-bond acceptors (Lipinski definition) is 5. The first-order valence-electron chi connectivity index (χ1n) is 5.28. The smallest absolute Gasteiger partial charge is 0.335 e. The molecule has 0 aromatic rings. The second-order valence-electron chi connectivity index (χ2n) is 3.12. The molecule has 0 N–H and O–H groups in total. The Morgan fingerprint density at radius 2 is 1.93 bits per heavy atom. The van der Waals surface area contributed by atoms with Crippen LogP contribution in [0, 0.1) is 0 Å². The molecule has 0 aliphatic carbocycles. The summed E-state index contributed by atoms with van der Waals surface area (Å²) in [7, 11) is 0. The van der Waals surface area contributed by atoms with Crippen molar-refractivity contribution in [2.75, 3.05) is 39.6 Å². The van der Waals surface area contributed by atoms with E-state index in [0.29, 0.717) is 33.0 Å². The van der Waals surface area contributed by atoms with Gasteiger partial charge in [0.25, 0.3) is 0 Å². The highest BCUT2D eigenvalue weighted by atomic mass is 16.6. The van der Waals surface area contributed by atoms with Crippen LogP contribution in [-0.2, 0) is 23.7 Å². The predicted molar refractivity (Wildman–Crippen MR) is 52.6 cm³/mol. The SMILES string of the molecule is CCOCCOCCOC(=O)C1CCO1. The van der Waals surface area contributed by atoms with Crippen molar-refractivity contribution < 1.29 is 23.7 Å². The lowest BCUT2D eigenvalue weighted by atomic mass is 10.2. The van der Waals surface area contributed by atoms with Gasteiger partial charge in [0.2, 0.25) is 0 Å². The molecule has 0 aromatic carbocycles. The van der Waals surface area contributed by atoms with Crippen molar-refractivity contribution in [1.82, 2.24) is 0 Å². The maximum Gasteiger partial charge on any atom is 0.335 e. The molecule has 88 valence electrons. The van der Waals surface area contributed by atoms with E-state index in [-0.39, 0.29) is 18.7 Å². The average Bonchev–Trinajstić information content (AvgIpc) is 2.14. The van der Waals surface area contributed by atoms with E-state index in [2.05, 4.69) is 0 Å². The van der Waals surface area contributed by atoms with Crippen LogP contribution in [0.5, 0.6) is 0 Å². The van der Waals surface area contributed by atoms with Gasteiger partial charge in [-0.25, -0.2) is 4.79 Å². The first kappa shape index (κ1) is 12.4. The predicted octanol–water partition coefficient (Wildman–Crippen LogP) is 0.372. The van der Waals surface area contributed by atoms with E-state index < -0.39 is 0 Å². The molecule has 1 atom stereocenters. The van der Waals surface area contributed by atoms with Gasteiger partial charge in [0.1, 0.15) is 6.61 Å². The number of hydrogen-bond donors (Lipinski definition) is 0. The molecule has 0 saturated carbocycles. The molecule has 1 heterocycles. The third kappa shape index (κ3) is 5.11. The van der Waals surface area contributed by atoms with E-state index in [1.165, 1.54) is 0 Å². The molecule has 0 amide bonds. The van der Waals surface area contributed by atoms with E-state index in [4.69, 9.17) is 18.9 Å². The molecule has 1 fully saturated rings. The summed E-state index contributed by atoms with van der Waals surface area (Å²) >= 11 is 0. The summed E-state index contributed by atoms with van der Waals surface area (Å²) in [6, 6.07) is 0. The van der Waals surface area contributed by atoms with Crippen molar-refractivity contribution in [3.63, 3.8) is 0 Å². The van der Waals surface area contributed by atoms with Crippen molar-refractivity contribution in [3.05, 3.63) is 0 Å². The molecule has 15 heavy (non-hydrogen) atoms. The van der Waals surface area contributed by atoms with Gasteiger partial charge >= 0.3 is 5.97 Å². The van der Waals surface area contributed by atoms with Gasteiger partial charge in [-0.15, -0.1) is 0 Å². The highest BCUT2D eigenvalue weighted by Gasteiger charge is 2.27. The van der Waals surface area contributed by atoms with Crippen LogP contribution in [0.2, 0.25) is 0 Å². The second-order valence-corrected chi connectivity index (χ2v) is 3.12. The Bertz CT molecular complexity index is 179. The lowest BCUT2D eigenvalue weighted by molar-refractivity contribution is -0.171. The quantitative estimate of drug-likeness (QED) is 0.435. The van der Waals surface area contributed by atoms with Crippen LogP contribution in [0.4, 0.5) is 0 Å². The fourth-order valence-corrected chi connectivity index (χ4v) is 1.08. The number of carbonyl (C=O) groups is 1. The number of ether oxygens (including phenoxy) is 4. The lowest BCUT2D eigenvalue weighted by Crippen LogP contribution is -2.36. The monoisotopic (exact) mass is 218 g/mol. The minimum absolute atomic E-state index is 0.283. The summed E-state index contributed by atoms with van der Waals surface area (Å²) in [5.74, 6) is -0.283. The van der Waals surface area contributed by atoms with E-state index in [9.17, 15) is 4.79 Å². The highest BCUT2D eigenvalue weighted by Crippen LogP contribution is 2.11. The van der Waals surface area contributed by atoms with E-state index in [0.717, 1.165) is 6.42 Å². The molecule has 0 radical (unpaired) electrons. The van der Waals surface area contributed by atoms with Crippen LogP contribution >= 0.6 is 0 Å². The van der Waals surface area contributed by atoms with Crippen LogP contribution in [0.3, 0.4) is 0 Å². The number of esters is 1. The Labute approximate surface area is 89.6 Å². The fourth-order valence-electron chi connectivity index (χ4n) is 1.08. The zero-order valence-electron chi connectivity index (χ0n) is 9.07. The average molecular weight is 218 g/mol. The topological polar surface area (TPSA) is 54.0 Å². The Kier molecular flexibility index (Phi) is 6.31. The standard InChI is InChI=1S/C10H18O5/c1-2-12-5-6-13-7-8-15-10(11)9-3-4-14-9/h9H,2-8H2,1H3. The summed E-state index contributed by atoms with van der Waals surface area (Å²) in [6.45, 7) is 5.08. The van der Waals surface area contributed by atoms with Crippen molar-refractivity contribution in [3.8, 4) is 0 Å². The molecule has 5 heteroatoms. The Morgan fingerprint density at radius 3 is 2.53 bits per heavy atom. The second kappa shape index (κ2) is 7.62. The number of rotatable bonds is 8. The Hall–Kier alpha value is -0.650. The lowest BCUT2D eigenvalue weighted by Gasteiger charge is -2.24. The maximum atomic E-state index is 11.1. The minimum Gasteiger partial charge on any atom is -0.461 e. The first-order valence-corrected chi connectivity index (χ1v) is 5.28. The normalized spacial score (nSPS) is 19.7. The molecule has 1 saturated heterocycles. The van der Waals surface area contributed by atoms with Gasteiger partial charge in [-0.3, -0.25) is 0 Å². The molecule has 5 nitrogen and oxygen atoms in total. The molecular formula is C10H18O5. The van der Waals surface area contributed by atoms with Crippen LogP contribution in [-0.4, -0.2) is 51.7 Å². The van der Waals surface area contributed by atoms with Gasteiger partial charge in [-0.1, -0.05) is 0 Å². The van der Waals surface area contributed by atoms with Crippen molar-refractivity contribution >= 4 is 5.97 Å². The third-order valence-electron chi connectivity index (χ3n) is 2.01. The molecular weight excluding hydrogens is 200 g/mol. The largest absolute Gasteiger partial charge is 0.461 e. The summed E-state index contributed by atoms with van der Waals surface area (Å²) in [4.78, 5) is 11.1. The fraction of sp³-hybridized carbons (Fsp3) is 0.900. The van der Waals surface area contributed by atoms with Gasteiger partial charge < -0.3 is 18.9 Å². The van der Waals surface area contributed by atoms with Gasteiger partial charge in [0, 0.05) is 13.0 Å². The summed E-state index contributed by atoms with van der Waals surface area (Å²) < 4.78 is 20.1. The molecule has 1 rings (SSSR count). The van der Waals surface area contributed by atoms with E-state index in [1.807, 2.05) is 6.92 Å². The van der Waals surface area contributed by atoms with Gasteiger partial charge in [0.15, 0.2) is 6.10 Å². The summed E-state index contributed by atoms with van der Waals surface area (Å²) in [5, 5.41) is 0. The molecule has 1 aliphatic heterocycles. The van der Waals surface area contributed by atoms with Gasteiger partial charge in [-0.05, 0) is 6.92 Å². The first-order chi connectivity index (χ1) is 7.34. The van der Waals surface area contributed by atoms with E-state index in [1.54, 1.807) is 0 Å². The van der Waals surface area contributed by atoms with Crippen molar-refractivity contribution in [2.45, 2.75) is 19.4 Å². The van der Waals surface area contributed by atoms with Gasteiger partial charge in [-0.2, -0.15) is 0 Å². The number of carbonyl (C=O) groups excluding carboxylic acids is 1. The Balaban J connectivity index is 1.81. The van der Waals surface area contributed by atoms with Crippen LogP contribution in [0.25, 0.3) is 0 Å². The Morgan fingerprint density at radius 1 is 1.27 bits per heavy atom. The zero-order valence-corrected chi connectivity index (χ0v) is 9.07. The third-order valence-corrected chi connectivity index (χ3v) is 2.01. The molecule has 0 aromatic heterocycles. The van der Waals surface area contributed by atoms with Crippen LogP contribution in [0.15, 0.2) is 0 Å². The van der Waals surface area contributed by atoms with Crippen molar-refractivity contribution in [2.24, 2.45) is 0 Å². The molecule has 1 unspecified atom stereocenters. The minimum atomic E-state index is -0.339. The van der Waals surface area contributed by atoms with Crippen LogP contribution in [0.1, 0.15) is 13.3 Å². The maximum absolute atomic E-state index is 11.1. The van der Waals surface area contributed by atoms with Crippen LogP contribution < -0.4 is 0 Å². The van der Waals surface area contributed by atoms with Gasteiger partial charge in [0.05, 0.1) is 26.4 Å². The van der Waals surface area contributed by atoms with Crippen molar-refractivity contribution in [1.29, 1.82) is 0 Å². The molecule has 0 bridgehead atoms. The molecule has 1 aliphatic rings.